The number of carbonyl (C=O) groups is 1. The van der Waals surface area contributed by atoms with Crippen LogP contribution in [0.1, 0.15) is 16.1 Å². The van der Waals surface area contributed by atoms with Crippen LogP contribution in [0.25, 0.3) is 32.7 Å². The molecule has 3 aromatic heterocycles. The second kappa shape index (κ2) is 5.10. The van der Waals surface area contributed by atoms with Crippen LogP contribution < -0.4 is 0 Å². The molecule has 0 bridgehead atoms. The molecular weight excluding hydrogens is 330 g/mol. The monoisotopic (exact) mass is 343 g/mol. The van der Waals surface area contributed by atoms with E-state index in [1.54, 1.807) is 48.8 Å². The molecule has 6 heteroatoms. The Bertz CT molecular complexity index is 1330. The summed E-state index contributed by atoms with van der Waals surface area (Å²) in [6.07, 6.45) is 3.21. The van der Waals surface area contributed by atoms with Crippen LogP contribution in [0.5, 0.6) is 11.5 Å². The maximum Gasteiger partial charge on any atom is 0.215 e. The van der Waals surface area contributed by atoms with Gasteiger partial charge in [0.2, 0.25) is 5.78 Å². The van der Waals surface area contributed by atoms with Gasteiger partial charge in [-0.1, -0.05) is 0 Å². The molecule has 0 unspecified atom stereocenters. The second-order valence-corrected chi connectivity index (χ2v) is 6.20. The van der Waals surface area contributed by atoms with E-state index in [4.69, 9.17) is 0 Å². The number of aromatic nitrogens is 3. The predicted octanol–water partition coefficient (Wildman–Crippen LogP) is 3.84. The summed E-state index contributed by atoms with van der Waals surface area (Å²) in [5, 5.41) is 21.8. The molecule has 0 aliphatic rings. The molecule has 0 amide bonds. The molecule has 5 aromatic rings. The predicted molar refractivity (Wildman–Crippen MR) is 98.7 cm³/mol. The van der Waals surface area contributed by atoms with Crippen molar-refractivity contribution in [3.05, 3.63) is 66.1 Å². The first-order valence-electron chi connectivity index (χ1n) is 8.06. The van der Waals surface area contributed by atoms with E-state index < -0.39 is 0 Å². The van der Waals surface area contributed by atoms with E-state index in [-0.39, 0.29) is 17.3 Å². The van der Waals surface area contributed by atoms with Gasteiger partial charge in [-0.2, -0.15) is 0 Å². The standard InChI is InChI=1S/C20H13N3O3/c24-10-1-3-16-14(8-10)15(9-22-16)20(26)19-18-12(5-6-21-19)13-7-11(25)2-4-17(13)23-18/h1-9,22-25H. The second-order valence-electron chi connectivity index (χ2n) is 6.20. The lowest BCUT2D eigenvalue weighted by Gasteiger charge is -2.01. The van der Waals surface area contributed by atoms with Crippen LogP contribution in [0, 0.1) is 0 Å². The summed E-state index contributed by atoms with van der Waals surface area (Å²) in [5.41, 5.74) is 2.93. The van der Waals surface area contributed by atoms with Crippen LogP contribution in [0.2, 0.25) is 0 Å². The number of H-pyrrole nitrogens is 2. The lowest BCUT2D eigenvalue weighted by atomic mass is 10.0. The number of phenolic OH excluding ortho intramolecular Hbond substituents is 2. The fraction of sp³-hybridized carbons (Fsp3) is 0. The normalized spacial score (nSPS) is 11.5. The van der Waals surface area contributed by atoms with Crippen molar-refractivity contribution < 1.29 is 15.0 Å². The van der Waals surface area contributed by atoms with Crippen LogP contribution in [0.4, 0.5) is 0 Å². The molecule has 2 aromatic carbocycles. The van der Waals surface area contributed by atoms with Crippen molar-refractivity contribution in [3.8, 4) is 11.5 Å². The number of fused-ring (bicyclic) bond motifs is 4. The molecule has 0 aliphatic heterocycles. The Morgan fingerprint density at radius 3 is 2.42 bits per heavy atom. The number of hydrogen-bond acceptors (Lipinski definition) is 4. The molecule has 0 fully saturated rings. The van der Waals surface area contributed by atoms with E-state index in [0.29, 0.717) is 22.2 Å². The zero-order chi connectivity index (χ0) is 17.8. The van der Waals surface area contributed by atoms with E-state index in [0.717, 1.165) is 21.8 Å². The maximum absolute atomic E-state index is 13.2. The first kappa shape index (κ1) is 14.5. The van der Waals surface area contributed by atoms with Gasteiger partial charge in [0, 0.05) is 45.1 Å². The summed E-state index contributed by atoms with van der Waals surface area (Å²) in [6.45, 7) is 0. The number of rotatable bonds is 2. The van der Waals surface area contributed by atoms with Gasteiger partial charge < -0.3 is 20.2 Å². The lowest BCUT2D eigenvalue weighted by Crippen LogP contribution is -2.04. The van der Waals surface area contributed by atoms with Gasteiger partial charge in [0.25, 0.3) is 0 Å². The minimum absolute atomic E-state index is 0.0957. The highest BCUT2D eigenvalue weighted by Crippen LogP contribution is 2.31. The summed E-state index contributed by atoms with van der Waals surface area (Å²) in [4.78, 5) is 23.7. The van der Waals surface area contributed by atoms with E-state index >= 15 is 0 Å². The van der Waals surface area contributed by atoms with E-state index in [2.05, 4.69) is 15.0 Å². The van der Waals surface area contributed by atoms with Crippen molar-refractivity contribution >= 4 is 38.5 Å². The van der Waals surface area contributed by atoms with Gasteiger partial charge in [-0.25, -0.2) is 0 Å². The van der Waals surface area contributed by atoms with Crippen LogP contribution in [-0.2, 0) is 0 Å². The smallest absolute Gasteiger partial charge is 0.215 e. The molecule has 0 atom stereocenters. The number of aromatic amines is 2. The minimum Gasteiger partial charge on any atom is -0.508 e. The number of carbonyl (C=O) groups excluding carboxylic acids is 1. The maximum atomic E-state index is 13.2. The molecule has 6 nitrogen and oxygen atoms in total. The number of nitrogens with one attached hydrogen (secondary N) is 2. The number of benzene rings is 2. The molecule has 26 heavy (non-hydrogen) atoms. The molecule has 0 saturated carbocycles. The molecule has 3 heterocycles. The number of phenols is 2. The summed E-state index contributed by atoms with van der Waals surface area (Å²) < 4.78 is 0. The Balaban J connectivity index is 1.76. The number of hydrogen-bond donors (Lipinski definition) is 4. The third-order valence-corrected chi connectivity index (χ3v) is 4.63. The molecule has 5 rings (SSSR count). The van der Waals surface area contributed by atoms with Crippen LogP contribution in [-0.4, -0.2) is 30.9 Å². The third kappa shape index (κ3) is 1.99. The average molecular weight is 343 g/mol. The summed E-state index contributed by atoms with van der Waals surface area (Å²) in [7, 11) is 0. The molecule has 0 radical (unpaired) electrons. The Labute approximate surface area is 146 Å². The molecule has 0 spiro atoms. The molecule has 0 aliphatic carbocycles. The van der Waals surface area contributed by atoms with Gasteiger partial charge in [-0.05, 0) is 42.5 Å². The van der Waals surface area contributed by atoms with Crippen molar-refractivity contribution in [2.45, 2.75) is 0 Å². The highest BCUT2D eigenvalue weighted by molar-refractivity contribution is 6.22. The molecule has 4 N–H and O–H groups in total. The van der Waals surface area contributed by atoms with Crippen molar-refractivity contribution in [2.24, 2.45) is 0 Å². The molecule has 126 valence electrons. The van der Waals surface area contributed by atoms with Gasteiger partial charge in [-0.15, -0.1) is 0 Å². The van der Waals surface area contributed by atoms with Crippen molar-refractivity contribution in [1.29, 1.82) is 0 Å². The number of nitrogens with zero attached hydrogens (tertiary/aromatic N) is 1. The molecule has 0 saturated heterocycles. The third-order valence-electron chi connectivity index (χ3n) is 4.63. The van der Waals surface area contributed by atoms with Crippen molar-refractivity contribution in [1.82, 2.24) is 15.0 Å². The Hall–Kier alpha value is -3.80. The number of ketones is 1. The van der Waals surface area contributed by atoms with Gasteiger partial charge in [0.05, 0.1) is 5.52 Å². The SMILES string of the molecule is O=C(c1c[nH]c2ccc(O)cc12)c1nccc2c1[nH]c1ccc(O)cc12. The van der Waals surface area contributed by atoms with E-state index in [1.807, 2.05) is 6.07 Å². The van der Waals surface area contributed by atoms with Crippen LogP contribution >= 0.6 is 0 Å². The Morgan fingerprint density at radius 1 is 0.885 bits per heavy atom. The first-order chi connectivity index (χ1) is 12.6. The van der Waals surface area contributed by atoms with Crippen molar-refractivity contribution in [2.75, 3.05) is 0 Å². The van der Waals surface area contributed by atoms with Gasteiger partial charge in [0.1, 0.15) is 17.2 Å². The first-order valence-corrected chi connectivity index (χ1v) is 8.06. The highest BCUT2D eigenvalue weighted by atomic mass is 16.3. The molecular formula is C20H13N3O3. The zero-order valence-corrected chi connectivity index (χ0v) is 13.4. The summed E-state index contributed by atoms with van der Waals surface area (Å²) in [6, 6.07) is 11.7. The number of pyridine rings is 1. The Morgan fingerprint density at radius 2 is 1.62 bits per heavy atom. The van der Waals surface area contributed by atoms with E-state index in [1.165, 1.54) is 0 Å². The number of aromatic hydroxyl groups is 2. The van der Waals surface area contributed by atoms with Gasteiger partial charge >= 0.3 is 0 Å². The van der Waals surface area contributed by atoms with Crippen LogP contribution in [0.3, 0.4) is 0 Å². The largest absolute Gasteiger partial charge is 0.508 e. The lowest BCUT2D eigenvalue weighted by molar-refractivity contribution is 0.103. The fourth-order valence-electron chi connectivity index (χ4n) is 3.41. The van der Waals surface area contributed by atoms with Crippen LogP contribution in [0.15, 0.2) is 54.9 Å². The quantitative estimate of drug-likeness (QED) is 0.366. The Kier molecular flexibility index (Phi) is 2.85. The van der Waals surface area contributed by atoms with Gasteiger partial charge in [-0.3, -0.25) is 9.78 Å². The van der Waals surface area contributed by atoms with E-state index in [9.17, 15) is 15.0 Å². The fourth-order valence-corrected chi connectivity index (χ4v) is 3.41. The highest BCUT2D eigenvalue weighted by Gasteiger charge is 2.20. The van der Waals surface area contributed by atoms with Gasteiger partial charge in [0.15, 0.2) is 0 Å². The summed E-state index contributed by atoms with van der Waals surface area (Å²) >= 11 is 0. The summed E-state index contributed by atoms with van der Waals surface area (Å²) in [5.74, 6) is 0.0109. The minimum atomic E-state index is -0.247. The average Bonchev–Trinajstić information content (AvgIpc) is 3.21. The zero-order valence-electron chi connectivity index (χ0n) is 13.4. The topological polar surface area (TPSA) is 102 Å². The van der Waals surface area contributed by atoms with Crippen molar-refractivity contribution in [3.63, 3.8) is 0 Å².